The summed E-state index contributed by atoms with van der Waals surface area (Å²) >= 11 is 6.08. The summed E-state index contributed by atoms with van der Waals surface area (Å²) in [6, 6.07) is 18.5. The maximum atomic E-state index is 13.9. The van der Waals surface area contributed by atoms with E-state index in [4.69, 9.17) is 16.3 Å². The molecule has 1 aliphatic rings. The maximum Gasteiger partial charge on any atom is 0.227 e. The molecule has 174 valence electrons. The molecule has 0 radical (unpaired) electrons. The molecule has 0 aliphatic carbocycles. The van der Waals surface area contributed by atoms with Gasteiger partial charge in [-0.05, 0) is 48.2 Å². The van der Waals surface area contributed by atoms with Crippen molar-refractivity contribution < 1.29 is 14.3 Å². The number of carbonyl (C=O) groups is 2. The Balaban J connectivity index is 1.63. The van der Waals surface area contributed by atoms with Gasteiger partial charge in [-0.15, -0.1) is 0 Å². The van der Waals surface area contributed by atoms with Crippen LogP contribution in [0.5, 0.6) is 5.75 Å². The number of rotatable bonds is 8. The van der Waals surface area contributed by atoms with Crippen LogP contribution in [0.4, 0.5) is 0 Å². The average Bonchev–Trinajstić information content (AvgIpc) is 2.88. The van der Waals surface area contributed by atoms with Gasteiger partial charge in [0.2, 0.25) is 5.91 Å². The molecule has 2 atom stereocenters. The van der Waals surface area contributed by atoms with E-state index in [0.29, 0.717) is 35.7 Å². The Kier molecular flexibility index (Phi) is 7.76. The fourth-order valence-electron chi connectivity index (χ4n) is 4.41. The molecule has 2 heterocycles. The van der Waals surface area contributed by atoms with Crippen molar-refractivity contribution in [3.05, 3.63) is 107 Å². The Hall–Kier alpha value is -3.44. The van der Waals surface area contributed by atoms with Gasteiger partial charge < -0.3 is 9.64 Å². The standard InChI is InChI=1S/C28H27ClN2O3/c1-34-27-18-23(29)12-13-24(27)26(32)17-22(16-20-8-3-2-4-9-20)28(33)31-15-6-5-11-25(31)21-10-7-14-30-19-21/h2-10,12-14,18-19,22,25H,11,15-17H2,1H3/t22-,25?/m0/s1. The first-order valence-corrected chi connectivity index (χ1v) is 11.7. The van der Waals surface area contributed by atoms with Gasteiger partial charge in [0.25, 0.3) is 0 Å². The number of carbonyl (C=O) groups excluding carboxylic acids is 2. The molecule has 0 spiro atoms. The van der Waals surface area contributed by atoms with Crippen molar-refractivity contribution in [3.8, 4) is 5.75 Å². The van der Waals surface area contributed by atoms with Crippen molar-refractivity contribution in [1.29, 1.82) is 0 Å². The highest BCUT2D eigenvalue weighted by molar-refractivity contribution is 6.30. The topological polar surface area (TPSA) is 59.5 Å². The van der Waals surface area contributed by atoms with Crippen LogP contribution >= 0.6 is 11.6 Å². The van der Waals surface area contributed by atoms with Crippen LogP contribution in [-0.4, -0.2) is 35.2 Å². The summed E-state index contributed by atoms with van der Waals surface area (Å²) < 4.78 is 5.38. The lowest BCUT2D eigenvalue weighted by molar-refractivity contribution is -0.137. The second-order valence-corrected chi connectivity index (χ2v) is 8.79. The van der Waals surface area contributed by atoms with E-state index in [1.54, 1.807) is 30.6 Å². The van der Waals surface area contributed by atoms with Gasteiger partial charge in [-0.25, -0.2) is 0 Å². The molecular formula is C28H27ClN2O3. The van der Waals surface area contributed by atoms with Crippen molar-refractivity contribution >= 4 is 23.3 Å². The molecule has 2 aromatic carbocycles. The zero-order chi connectivity index (χ0) is 23.9. The number of Topliss-reactive ketones (excluding diaryl/α,β-unsaturated/α-hetero) is 1. The van der Waals surface area contributed by atoms with Gasteiger partial charge in [-0.3, -0.25) is 14.6 Å². The Morgan fingerprint density at radius 3 is 2.68 bits per heavy atom. The third kappa shape index (κ3) is 5.54. The summed E-state index contributed by atoms with van der Waals surface area (Å²) in [4.78, 5) is 33.4. The number of ether oxygens (including phenoxy) is 1. The van der Waals surface area contributed by atoms with Gasteiger partial charge in [0, 0.05) is 36.3 Å². The van der Waals surface area contributed by atoms with Crippen LogP contribution in [-0.2, 0) is 11.2 Å². The summed E-state index contributed by atoms with van der Waals surface area (Å²) in [5, 5.41) is 0.490. The fraction of sp³-hybridized carbons (Fsp3) is 0.250. The van der Waals surface area contributed by atoms with Gasteiger partial charge in [0.05, 0.1) is 18.7 Å². The first-order chi connectivity index (χ1) is 16.6. The van der Waals surface area contributed by atoms with Crippen LogP contribution in [0.25, 0.3) is 0 Å². The van der Waals surface area contributed by atoms with E-state index in [0.717, 1.165) is 11.1 Å². The Labute approximate surface area is 205 Å². The highest BCUT2D eigenvalue weighted by Crippen LogP contribution is 2.32. The lowest BCUT2D eigenvalue weighted by atomic mass is 9.89. The smallest absolute Gasteiger partial charge is 0.227 e. The van der Waals surface area contributed by atoms with Gasteiger partial charge in [-0.1, -0.05) is 60.2 Å². The molecule has 0 N–H and O–H groups in total. The SMILES string of the molecule is COc1cc(Cl)ccc1C(=O)C[C@H](Cc1ccccc1)C(=O)N1CC=CCC1c1cccnc1. The highest BCUT2D eigenvalue weighted by Gasteiger charge is 2.33. The second-order valence-electron chi connectivity index (χ2n) is 8.36. The minimum Gasteiger partial charge on any atom is -0.496 e. The molecule has 3 aromatic rings. The van der Waals surface area contributed by atoms with Crippen LogP contribution in [0.2, 0.25) is 5.02 Å². The van der Waals surface area contributed by atoms with Gasteiger partial charge in [0.1, 0.15) is 5.75 Å². The summed E-state index contributed by atoms with van der Waals surface area (Å²) in [6.45, 7) is 0.502. The first kappa shape index (κ1) is 23.7. The zero-order valence-electron chi connectivity index (χ0n) is 19.1. The fourth-order valence-corrected chi connectivity index (χ4v) is 4.57. The van der Waals surface area contributed by atoms with E-state index in [2.05, 4.69) is 11.1 Å². The van der Waals surface area contributed by atoms with Crippen LogP contribution in [0.15, 0.2) is 85.2 Å². The number of benzene rings is 2. The summed E-state index contributed by atoms with van der Waals surface area (Å²) in [5.41, 5.74) is 2.44. The molecule has 6 heteroatoms. The monoisotopic (exact) mass is 474 g/mol. The third-order valence-electron chi connectivity index (χ3n) is 6.13. The van der Waals surface area contributed by atoms with Gasteiger partial charge in [-0.2, -0.15) is 0 Å². The summed E-state index contributed by atoms with van der Waals surface area (Å²) in [7, 11) is 1.51. The number of pyridine rings is 1. The molecular weight excluding hydrogens is 448 g/mol. The first-order valence-electron chi connectivity index (χ1n) is 11.3. The van der Waals surface area contributed by atoms with Crippen LogP contribution in [0, 0.1) is 5.92 Å². The Morgan fingerprint density at radius 1 is 1.12 bits per heavy atom. The molecule has 1 aliphatic heterocycles. The van der Waals surface area contributed by atoms with E-state index in [-0.39, 0.29) is 24.2 Å². The number of amides is 1. The molecule has 1 amide bonds. The number of ketones is 1. The van der Waals surface area contributed by atoms with E-state index < -0.39 is 5.92 Å². The number of halogens is 1. The molecule has 1 unspecified atom stereocenters. The number of methoxy groups -OCH3 is 1. The van der Waals surface area contributed by atoms with Crippen LogP contribution < -0.4 is 4.74 Å². The summed E-state index contributed by atoms with van der Waals surface area (Å²) in [5.74, 6) is -0.282. The third-order valence-corrected chi connectivity index (χ3v) is 6.36. The van der Waals surface area contributed by atoms with Crippen molar-refractivity contribution in [2.45, 2.75) is 25.3 Å². The molecule has 4 rings (SSSR count). The van der Waals surface area contributed by atoms with Crippen LogP contribution in [0.1, 0.15) is 40.4 Å². The van der Waals surface area contributed by atoms with Gasteiger partial charge >= 0.3 is 0 Å². The van der Waals surface area contributed by atoms with Crippen molar-refractivity contribution in [2.24, 2.45) is 5.92 Å². The lowest BCUT2D eigenvalue weighted by Gasteiger charge is -2.35. The minimum atomic E-state index is -0.513. The van der Waals surface area contributed by atoms with E-state index in [9.17, 15) is 9.59 Å². The molecule has 1 aromatic heterocycles. The van der Waals surface area contributed by atoms with Gasteiger partial charge in [0.15, 0.2) is 5.78 Å². The predicted octanol–water partition coefficient (Wildman–Crippen LogP) is 5.71. The predicted molar refractivity (Wildman–Crippen MR) is 133 cm³/mol. The molecule has 0 fully saturated rings. The number of hydrogen-bond donors (Lipinski definition) is 0. The summed E-state index contributed by atoms with van der Waals surface area (Å²) in [6.07, 6.45) is 8.90. The average molecular weight is 475 g/mol. The van der Waals surface area contributed by atoms with Crippen molar-refractivity contribution in [3.63, 3.8) is 0 Å². The molecule has 0 saturated heterocycles. The van der Waals surface area contributed by atoms with Crippen molar-refractivity contribution in [1.82, 2.24) is 9.88 Å². The Morgan fingerprint density at radius 2 is 1.94 bits per heavy atom. The molecule has 34 heavy (non-hydrogen) atoms. The van der Waals surface area contributed by atoms with E-state index in [1.165, 1.54) is 7.11 Å². The second kappa shape index (κ2) is 11.1. The number of hydrogen-bond acceptors (Lipinski definition) is 4. The largest absolute Gasteiger partial charge is 0.496 e. The van der Waals surface area contributed by atoms with Crippen molar-refractivity contribution in [2.75, 3.05) is 13.7 Å². The maximum absolute atomic E-state index is 13.9. The van der Waals surface area contributed by atoms with E-state index >= 15 is 0 Å². The minimum absolute atomic E-state index is 0.0386. The molecule has 0 bridgehead atoms. The number of nitrogens with zero attached hydrogens (tertiary/aromatic N) is 2. The lowest BCUT2D eigenvalue weighted by Crippen LogP contribution is -2.42. The van der Waals surface area contributed by atoms with E-state index in [1.807, 2.05) is 53.4 Å². The Bertz CT molecular complexity index is 1160. The molecule has 0 saturated carbocycles. The van der Waals surface area contributed by atoms with Crippen LogP contribution in [0.3, 0.4) is 0 Å². The normalized spacial score (nSPS) is 16.2. The zero-order valence-corrected chi connectivity index (χ0v) is 19.8. The molecule has 5 nitrogen and oxygen atoms in total. The quantitative estimate of drug-likeness (QED) is 0.310. The highest BCUT2D eigenvalue weighted by atomic mass is 35.5. The number of aromatic nitrogens is 1.